The average molecular weight is 336 g/mol. The Labute approximate surface area is 136 Å². The maximum absolute atomic E-state index is 12.0. The highest BCUT2D eigenvalue weighted by Crippen LogP contribution is 2.13. The Balaban J connectivity index is 1.77. The fraction of sp³-hybridized carbons (Fsp3) is 0.294. The molecule has 6 heteroatoms. The molecular formula is C17H20O5S. The van der Waals surface area contributed by atoms with Gasteiger partial charge in [-0.2, -0.15) is 8.42 Å². The molecule has 0 amide bonds. The van der Waals surface area contributed by atoms with Crippen LogP contribution in [0.4, 0.5) is 0 Å². The summed E-state index contributed by atoms with van der Waals surface area (Å²) in [6.45, 7) is 1.87. The molecule has 2 aromatic rings. The number of benzene rings is 2. The van der Waals surface area contributed by atoms with E-state index in [2.05, 4.69) is 0 Å². The van der Waals surface area contributed by atoms with Crippen molar-refractivity contribution in [3.05, 3.63) is 65.7 Å². The number of aliphatic hydroxyl groups is 1. The van der Waals surface area contributed by atoms with Crippen LogP contribution in [0.2, 0.25) is 0 Å². The molecule has 0 aromatic heterocycles. The molecule has 23 heavy (non-hydrogen) atoms. The molecule has 0 aliphatic heterocycles. The monoisotopic (exact) mass is 336 g/mol. The van der Waals surface area contributed by atoms with Gasteiger partial charge < -0.3 is 9.84 Å². The van der Waals surface area contributed by atoms with E-state index in [1.807, 2.05) is 37.3 Å². The van der Waals surface area contributed by atoms with Crippen molar-refractivity contribution >= 4 is 10.1 Å². The summed E-state index contributed by atoms with van der Waals surface area (Å²) < 4.78 is 34.1. The second kappa shape index (κ2) is 8.21. The van der Waals surface area contributed by atoms with Crippen LogP contribution in [0.5, 0.6) is 0 Å². The Morgan fingerprint density at radius 2 is 1.65 bits per heavy atom. The summed E-state index contributed by atoms with van der Waals surface area (Å²) >= 11 is 0. The van der Waals surface area contributed by atoms with E-state index in [4.69, 9.17) is 8.92 Å². The van der Waals surface area contributed by atoms with E-state index in [9.17, 15) is 13.5 Å². The van der Waals surface area contributed by atoms with Gasteiger partial charge in [0.05, 0.1) is 24.7 Å². The molecule has 0 heterocycles. The fourth-order valence-electron chi connectivity index (χ4n) is 1.88. The molecule has 0 radical (unpaired) electrons. The largest absolute Gasteiger partial charge is 0.388 e. The highest BCUT2D eigenvalue weighted by molar-refractivity contribution is 7.86. The van der Waals surface area contributed by atoms with Gasteiger partial charge in [0.25, 0.3) is 10.1 Å². The number of aliphatic hydroxyl groups excluding tert-OH is 1. The van der Waals surface area contributed by atoms with E-state index in [0.29, 0.717) is 6.61 Å². The molecule has 0 saturated carbocycles. The molecule has 0 saturated heterocycles. The molecule has 1 atom stereocenters. The Morgan fingerprint density at radius 1 is 1.00 bits per heavy atom. The van der Waals surface area contributed by atoms with E-state index in [1.54, 1.807) is 12.1 Å². The molecule has 0 spiro atoms. The van der Waals surface area contributed by atoms with Gasteiger partial charge in [-0.1, -0.05) is 48.0 Å². The molecule has 2 rings (SSSR count). The van der Waals surface area contributed by atoms with E-state index in [1.165, 1.54) is 12.1 Å². The number of aryl methyl sites for hydroxylation is 1. The maximum atomic E-state index is 12.0. The van der Waals surface area contributed by atoms with Crippen molar-refractivity contribution in [2.45, 2.75) is 24.5 Å². The minimum Gasteiger partial charge on any atom is -0.388 e. The van der Waals surface area contributed by atoms with Crippen LogP contribution in [-0.4, -0.2) is 32.8 Å². The zero-order valence-electron chi connectivity index (χ0n) is 12.9. The van der Waals surface area contributed by atoms with Crippen LogP contribution in [-0.2, 0) is 25.6 Å². The average Bonchev–Trinajstić information content (AvgIpc) is 2.54. The van der Waals surface area contributed by atoms with Gasteiger partial charge in [0.15, 0.2) is 0 Å². The van der Waals surface area contributed by atoms with Crippen molar-refractivity contribution in [1.82, 2.24) is 0 Å². The second-order valence-electron chi connectivity index (χ2n) is 5.21. The van der Waals surface area contributed by atoms with Crippen molar-refractivity contribution in [1.29, 1.82) is 0 Å². The topological polar surface area (TPSA) is 72.8 Å². The number of rotatable bonds is 8. The normalized spacial score (nSPS) is 13.0. The maximum Gasteiger partial charge on any atom is 0.297 e. The first-order chi connectivity index (χ1) is 11.0. The molecule has 2 aromatic carbocycles. The van der Waals surface area contributed by atoms with Crippen LogP contribution in [0.15, 0.2) is 59.5 Å². The lowest BCUT2D eigenvalue weighted by atomic mass is 10.2. The van der Waals surface area contributed by atoms with E-state index < -0.39 is 16.2 Å². The number of hydrogen-bond donors (Lipinski definition) is 1. The van der Waals surface area contributed by atoms with E-state index >= 15 is 0 Å². The van der Waals surface area contributed by atoms with Gasteiger partial charge in [0.2, 0.25) is 0 Å². The molecule has 0 fully saturated rings. The first kappa shape index (κ1) is 17.6. The third kappa shape index (κ3) is 5.76. The van der Waals surface area contributed by atoms with Crippen molar-refractivity contribution in [3.8, 4) is 0 Å². The zero-order valence-corrected chi connectivity index (χ0v) is 13.7. The van der Waals surface area contributed by atoms with Crippen LogP contribution in [0.3, 0.4) is 0 Å². The Morgan fingerprint density at radius 3 is 2.30 bits per heavy atom. The van der Waals surface area contributed by atoms with Gasteiger partial charge in [-0.05, 0) is 24.6 Å². The van der Waals surface area contributed by atoms with Crippen molar-refractivity contribution in [2.24, 2.45) is 0 Å². The third-order valence-electron chi connectivity index (χ3n) is 3.15. The number of ether oxygens (including phenoxy) is 1. The van der Waals surface area contributed by atoms with Crippen LogP contribution in [0.1, 0.15) is 11.1 Å². The zero-order chi connectivity index (χ0) is 16.7. The summed E-state index contributed by atoms with van der Waals surface area (Å²) in [5.41, 5.74) is 1.94. The van der Waals surface area contributed by atoms with Crippen LogP contribution in [0, 0.1) is 6.92 Å². The first-order valence-corrected chi connectivity index (χ1v) is 8.64. The minimum atomic E-state index is -3.86. The van der Waals surface area contributed by atoms with Crippen LogP contribution < -0.4 is 0 Å². The summed E-state index contributed by atoms with van der Waals surface area (Å²) in [5, 5.41) is 9.77. The molecule has 1 N–H and O–H groups in total. The van der Waals surface area contributed by atoms with Crippen LogP contribution >= 0.6 is 0 Å². The minimum absolute atomic E-state index is 0.00167. The van der Waals surface area contributed by atoms with Gasteiger partial charge in [-0.25, -0.2) is 0 Å². The lowest BCUT2D eigenvalue weighted by Crippen LogP contribution is -2.23. The molecule has 0 aliphatic rings. The molecule has 124 valence electrons. The molecule has 0 unspecified atom stereocenters. The summed E-state index contributed by atoms with van der Waals surface area (Å²) in [6.07, 6.45) is -1.01. The van der Waals surface area contributed by atoms with Gasteiger partial charge >= 0.3 is 0 Å². The third-order valence-corrected chi connectivity index (χ3v) is 4.44. The Hall–Kier alpha value is -1.73. The lowest BCUT2D eigenvalue weighted by molar-refractivity contribution is 0.00669. The summed E-state index contributed by atoms with van der Waals surface area (Å²) in [4.78, 5) is 0.0699. The van der Waals surface area contributed by atoms with Gasteiger partial charge in [0.1, 0.15) is 6.10 Å². The summed E-state index contributed by atoms with van der Waals surface area (Å²) in [7, 11) is -3.86. The van der Waals surface area contributed by atoms with Crippen molar-refractivity contribution < 1.29 is 22.4 Å². The van der Waals surface area contributed by atoms with Crippen molar-refractivity contribution in [3.63, 3.8) is 0 Å². The first-order valence-electron chi connectivity index (χ1n) is 7.23. The van der Waals surface area contributed by atoms with E-state index in [0.717, 1.165) is 11.1 Å². The molecule has 0 bridgehead atoms. The Kier molecular flexibility index (Phi) is 6.29. The lowest BCUT2D eigenvalue weighted by Gasteiger charge is -2.12. The predicted octanol–water partition coefficient (Wildman–Crippen LogP) is 2.28. The second-order valence-corrected chi connectivity index (χ2v) is 6.82. The van der Waals surface area contributed by atoms with E-state index in [-0.39, 0.29) is 18.1 Å². The number of hydrogen-bond acceptors (Lipinski definition) is 5. The van der Waals surface area contributed by atoms with Crippen LogP contribution in [0.25, 0.3) is 0 Å². The SMILES string of the molecule is Cc1ccc(S(=O)(=O)OC[C@@H](O)COCc2ccccc2)cc1. The molecule has 0 aliphatic carbocycles. The summed E-state index contributed by atoms with van der Waals surface area (Å²) in [5.74, 6) is 0. The highest BCUT2D eigenvalue weighted by atomic mass is 32.2. The van der Waals surface area contributed by atoms with Gasteiger partial charge in [-0.15, -0.1) is 0 Å². The quantitative estimate of drug-likeness (QED) is 0.749. The highest BCUT2D eigenvalue weighted by Gasteiger charge is 2.17. The summed E-state index contributed by atoms with van der Waals surface area (Å²) in [6, 6.07) is 15.8. The predicted molar refractivity (Wildman–Crippen MR) is 86.4 cm³/mol. The van der Waals surface area contributed by atoms with Crippen molar-refractivity contribution in [2.75, 3.05) is 13.2 Å². The van der Waals surface area contributed by atoms with Gasteiger partial charge in [-0.3, -0.25) is 4.18 Å². The molecule has 5 nitrogen and oxygen atoms in total. The van der Waals surface area contributed by atoms with Gasteiger partial charge in [0, 0.05) is 0 Å². The molecular weight excluding hydrogens is 316 g/mol. The fourth-order valence-corrected chi connectivity index (χ4v) is 2.82. The smallest absolute Gasteiger partial charge is 0.297 e. The standard InChI is InChI=1S/C17H20O5S/c1-14-7-9-17(10-8-14)23(19,20)22-13-16(18)12-21-11-15-5-3-2-4-6-15/h2-10,16,18H,11-13H2,1H3/t16-/m0/s1. The Bertz CT molecular complexity index is 696.